The molecule has 1 heterocycles. The van der Waals surface area contributed by atoms with E-state index >= 15 is 0 Å². The fourth-order valence-corrected chi connectivity index (χ4v) is 1.45. The van der Waals surface area contributed by atoms with Gasteiger partial charge in [0.05, 0.1) is 16.7 Å². The number of nitrogen functional groups attached to an aromatic ring is 1. The highest BCUT2D eigenvalue weighted by Crippen LogP contribution is 2.28. The summed E-state index contributed by atoms with van der Waals surface area (Å²) in [4.78, 5) is 9.89. The molecular formula is C9H7F2N5O2. The number of anilines is 1. The number of benzene rings is 1. The topological polar surface area (TPSA) is 99.9 Å². The maximum absolute atomic E-state index is 13.7. The summed E-state index contributed by atoms with van der Waals surface area (Å²) in [6.45, 7) is 1.46. The van der Waals surface area contributed by atoms with Gasteiger partial charge < -0.3 is 5.73 Å². The van der Waals surface area contributed by atoms with Crippen LogP contribution >= 0.6 is 0 Å². The lowest BCUT2D eigenvalue weighted by Gasteiger charge is -2.05. The van der Waals surface area contributed by atoms with Gasteiger partial charge in [-0.15, -0.1) is 5.10 Å². The van der Waals surface area contributed by atoms with E-state index in [0.717, 1.165) is 4.68 Å². The number of nitrogens with two attached hydrogens (primary N) is 1. The highest BCUT2D eigenvalue weighted by molar-refractivity contribution is 5.55. The molecule has 0 radical (unpaired) electrons. The van der Waals surface area contributed by atoms with Gasteiger partial charge in [-0.05, 0) is 6.92 Å². The third-order valence-corrected chi connectivity index (χ3v) is 2.35. The van der Waals surface area contributed by atoms with E-state index < -0.39 is 27.9 Å². The second-order valence-electron chi connectivity index (χ2n) is 3.48. The van der Waals surface area contributed by atoms with Crippen molar-refractivity contribution >= 4 is 11.5 Å². The number of nitrogens with zero attached hydrogens (tertiary/aromatic N) is 4. The minimum Gasteiger partial charge on any atom is -0.381 e. The Balaban J connectivity index is 2.78. The van der Waals surface area contributed by atoms with Crippen LogP contribution in [-0.4, -0.2) is 19.9 Å². The molecule has 0 amide bonds. The summed E-state index contributed by atoms with van der Waals surface area (Å²) >= 11 is 0. The molecule has 2 N–H and O–H groups in total. The van der Waals surface area contributed by atoms with Crippen LogP contribution in [0.4, 0.5) is 20.3 Å². The standard InChI is InChI=1S/C9H7F2N5O2/c1-4-9(12)13-14-15(4)8-6(11)2-5(10)3-7(8)16(17)18/h2-3H,12H2,1H3. The van der Waals surface area contributed by atoms with Gasteiger partial charge in [-0.3, -0.25) is 10.1 Å². The second-order valence-corrected chi connectivity index (χ2v) is 3.48. The molecule has 0 bridgehead atoms. The number of halogens is 2. The molecule has 1 aromatic carbocycles. The second kappa shape index (κ2) is 4.02. The molecule has 0 atom stereocenters. The molecule has 0 spiro atoms. The van der Waals surface area contributed by atoms with E-state index in [1.807, 2.05) is 0 Å². The lowest BCUT2D eigenvalue weighted by Crippen LogP contribution is -2.07. The third kappa shape index (κ3) is 1.75. The summed E-state index contributed by atoms with van der Waals surface area (Å²) in [5.41, 5.74) is 4.40. The van der Waals surface area contributed by atoms with Gasteiger partial charge in [0.15, 0.2) is 17.3 Å². The minimum absolute atomic E-state index is 0.00743. The summed E-state index contributed by atoms with van der Waals surface area (Å²) in [5, 5.41) is 17.8. The number of nitro benzene ring substituents is 1. The van der Waals surface area contributed by atoms with Gasteiger partial charge in [0, 0.05) is 6.07 Å². The van der Waals surface area contributed by atoms with Crippen molar-refractivity contribution < 1.29 is 13.7 Å². The van der Waals surface area contributed by atoms with Crippen LogP contribution in [0.1, 0.15) is 5.69 Å². The number of hydrogen-bond donors (Lipinski definition) is 1. The first kappa shape index (κ1) is 11.9. The van der Waals surface area contributed by atoms with Crippen LogP contribution < -0.4 is 5.73 Å². The molecule has 0 aliphatic rings. The summed E-state index contributed by atoms with van der Waals surface area (Å²) < 4.78 is 27.5. The monoisotopic (exact) mass is 255 g/mol. The number of hydrogen-bond acceptors (Lipinski definition) is 5. The Morgan fingerprint density at radius 3 is 2.61 bits per heavy atom. The van der Waals surface area contributed by atoms with Crippen molar-refractivity contribution in [3.8, 4) is 5.69 Å². The summed E-state index contributed by atoms with van der Waals surface area (Å²) in [5.74, 6) is -2.16. The van der Waals surface area contributed by atoms with Crippen LogP contribution in [0.25, 0.3) is 5.69 Å². The van der Waals surface area contributed by atoms with Crippen molar-refractivity contribution in [2.45, 2.75) is 6.92 Å². The first-order chi connectivity index (χ1) is 8.41. The Morgan fingerprint density at radius 1 is 1.44 bits per heavy atom. The smallest absolute Gasteiger partial charge is 0.300 e. The first-order valence-electron chi connectivity index (χ1n) is 4.73. The number of nitro groups is 1. The molecule has 1 aromatic heterocycles. The molecule has 9 heteroatoms. The summed E-state index contributed by atoms with van der Waals surface area (Å²) in [6.07, 6.45) is 0. The molecule has 0 aliphatic carbocycles. The highest BCUT2D eigenvalue weighted by Gasteiger charge is 2.24. The van der Waals surface area contributed by atoms with Crippen LogP contribution in [0.3, 0.4) is 0 Å². The molecule has 2 rings (SSSR count). The molecule has 0 saturated heterocycles. The number of rotatable bonds is 2. The van der Waals surface area contributed by atoms with E-state index in [4.69, 9.17) is 5.73 Å². The number of aromatic nitrogens is 3. The van der Waals surface area contributed by atoms with E-state index in [9.17, 15) is 18.9 Å². The van der Waals surface area contributed by atoms with Crippen molar-refractivity contribution in [1.82, 2.24) is 15.0 Å². The van der Waals surface area contributed by atoms with Gasteiger partial charge in [-0.1, -0.05) is 5.21 Å². The molecule has 2 aromatic rings. The highest BCUT2D eigenvalue weighted by atomic mass is 19.1. The Bertz CT molecular complexity index is 640. The van der Waals surface area contributed by atoms with E-state index in [1.165, 1.54) is 6.92 Å². The fraction of sp³-hybridized carbons (Fsp3) is 0.111. The Hall–Kier alpha value is -2.58. The van der Waals surface area contributed by atoms with Crippen molar-refractivity contribution in [3.63, 3.8) is 0 Å². The molecular weight excluding hydrogens is 248 g/mol. The van der Waals surface area contributed by atoms with Gasteiger partial charge in [0.2, 0.25) is 0 Å². The summed E-state index contributed by atoms with van der Waals surface area (Å²) in [6, 6.07) is 1.13. The maximum atomic E-state index is 13.7. The lowest BCUT2D eigenvalue weighted by atomic mass is 10.2. The van der Waals surface area contributed by atoms with Gasteiger partial charge in [-0.2, -0.15) is 0 Å². The van der Waals surface area contributed by atoms with Crippen LogP contribution in [-0.2, 0) is 0 Å². The quantitative estimate of drug-likeness (QED) is 0.644. The van der Waals surface area contributed by atoms with Crippen LogP contribution in [0.5, 0.6) is 0 Å². The largest absolute Gasteiger partial charge is 0.381 e. The molecule has 94 valence electrons. The Labute approximate surface area is 99.0 Å². The zero-order valence-corrected chi connectivity index (χ0v) is 9.09. The molecule has 0 aliphatic heterocycles. The molecule has 0 saturated carbocycles. The third-order valence-electron chi connectivity index (χ3n) is 2.35. The van der Waals surface area contributed by atoms with Gasteiger partial charge in [0.25, 0.3) is 0 Å². The summed E-state index contributed by atoms with van der Waals surface area (Å²) in [7, 11) is 0. The lowest BCUT2D eigenvalue weighted by molar-refractivity contribution is -0.385. The first-order valence-corrected chi connectivity index (χ1v) is 4.73. The van der Waals surface area contributed by atoms with Crippen molar-refractivity contribution in [2.24, 2.45) is 0 Å². The normalized spacial score (nSPS) is 10.6. The van der Waals surface area contributed by atoms with E-state index in [1.54, 1.807) is 0 Å². The SMILES string of the molecule is Cc1c(N)nnn1-c1c(F)cc(F)cc1[N+](=O)[O-]. The molecule has 0 unspecified atom stereocenters. The predicted molar refractivity (Wildman–Crippen MR) is 57.1 cm³/mol. The van der Waals surface area contributed by atoms with Gasteiger partial charge in [0.1, 0.15) is 5.82 Å². The van der Waals surface area contributed by atoms with Crippen molar-refractivity contribution in [3.05, 3.63) is 39.6 Å². The maximum Gasteiger partial charge on any atom is 0.300 e. The zero-order valence-electron chi connectivity index (χ0n) is 9.09. The van der Waals surface area contributed by atoms with E-state index in [0.29, 0.717) is 12.1 Å². The average Bonchev–Trinajstić information content (AvgIpc) is 2.59. The fourth-order valence-electron chi connectivity index (χ4n) is 1.45. The van der Waals surface area contributed by atoms with Crippen LogP contribution in [0.2, 0.25) is 0 Å². The van der Waals surface area contributed by atoms with Crippen molar-refractivity contribution in [2.75, 3.05) is 5.73 Å². The minimum atomic E-state index is -1.12. The van der Waals surface area contributed by atoms with Gasteiger partial charge in [-0.25, -0.2) is 13.5 Å². The van der Waals surface area contributed by atoms with Crippen LogP contribution in [0, 0.1) is 28.7 Å². The Kier molecular flexibility index (Phi) is 2.66. The van der Waals surface area contributed by atoms with E-state index in [-0.39, 0.29) is 11.5 Å². The predicted octanol–water partition coefficient (Wildman–Crippen LogP) is 1.34. The van der Waals surface area contributed by atoms with E-state index in [2.05, 4.69) is 10.3 Å². The van der Waals surface area contributed by atoms with Crippen molar-refractivity contribution in [1.29, 1.82) is 0 Å². The van der Waals surface area contributed by atoms with Crippen LogP contribution in [0.15, 0.2) is 12.1 Å². The molecule has 0 fully saturated rings. The molecule has 7 nitrogen and oxygen atoms in total. The van der Waals surface area contributed by atoms with Gasteiger partial charge >= 0.3 is 5.69 Å². The molecule has 18 heavy (non-hydrogen) atoms. The Morgan fingerprint density at radius 2 is 2.11 bits per heavy atom. The average molecular weight is 255 g/mol. The zero-order chi connectivity index (χ0) is 13.4.